The summed E-state index contributed by atoms with van der Waals surface area (Å²) in [5, 5.41) is 3.56. The summed E-state index contributed by atoms with van der Waals surface area (Å²) in [6, 6.07) is 9.78. The highest BCUT2D eigenvalue weighted by Gasteiger charge is 2.28. The van der Waals surface area contributed by atoms with Gasteiger partial charge in [-0.1, -0.05) is 36.8 Å². The van der Waals surface area contributed by atoms with Crippen LogP contribution in [-0.4, -0.2) is 18.6 Å². The fourth-order valence-corrected chi connectivity index (χ4v) is 2.63. The van der Waals surface area contributed by atoms with Gasteiger partial charge >= 0.3 is 0 Å². The molecule has 0 aliphatic carbocycles. The second-order valence-corrected chi connectivity index (χ2v) is 4.94. The first kappa shape index (κ1) is 11.6. The highest BCUT2D eigenvalue weighted by Crippen LogP contribution is 2.29. The van der Waals surface area contributed by atoms with Crippen molar-refractivity contribution in [2.75, 3.05) is 6.54 Å². The third kappa shape index (κ3) is 2.45. The average Bonchev–Trinajstić information content (AvgIpc) is 2.30. The maximum atomic E-state index is 6.05. The van der Waals surface area contributed by atoms with Gasteiger partial charge in [-0.3, -0.25) is 0 Å². The number of hydrogen-bond donors (Lipinski definition) is 2. The zero-order chi connectivity index (χ0) is 11.5. The molecule has 0 aromatic heterocycles. The van der Waals surface area contributed by atoms with Crippen LogP contribution in [0.4, 0.5) is 0 Å². The molecule has 0 bridgehead atoms. The fourth-order valence-electron chi connectivity index (χ4n) is 2.63. The minimum Gasteiger partial charge on any atom is -0.327 e. The van der Waals surface area contributed by atoms with Crippen LogP contribution in [-0.2, 0) is 0 Å². The van der Waals surface area contributed by atoms with Crippen molar-refractivity contribution in [1.29, 1.82) is 0 Å². The number of nitrogens with one attached hydrogen (secondary N) is 1. The van der Waals surface area contributed by atoms with E-state index in [1.807, 2.05) is 0 Å². The molecule has 1 aromatic rings. The molecule has 3 atom stereocenters. The zero-order valence-corrected chi connectivity index (χ0v) is 10.2. The highest BCUT2D eigenvalue weighted by atomic mass is 15.0. The van der Waals surface area contributed by atoms with E-state index in [2.05, 4.69) is 43.4 Å². The Morgan fingerprint density at radius 2 is 2.00 bits per heavy atom. The van der Waals surface area contributed by atoms with Gasteiger partial charge in [0.25, 0.3) is 0 Å². The molecule has 0 saturated carbocycles. The molecule has 0 radical (unpaired) electrons. The van der Waals surface area contributed by atoms with Crippen LogP contribution in [0.1, 0.15) is 36.8 Å². The fraction of sp³-hybridized carbons (Fsp3) is 0.571. The second-order valence-electron chi connectivity index (χ2n) is 4.94. The van der Waals surface area contributed by atoms with E-state index in [4.69, 9.17) is 5.73 Å². The monoisotopic (exact) mass is 218 g/mol. The van der Waals surface area contributed by atoms with Crippen molar-refractivity contribution < 1.29 is 0 Å². The number of aryl methyl sites for hydroxylation is 1. The molecule has 1 saturated heterocycles. The van der Waals surface area contributed by atoms with Crippen molar-refractivity contribution >= 4 is 0 Å². The Labute approximate surface area is 98.2 Å². The Morgan fingerprint density at radius 3 is 2.62 bits per heavy atom. The molecule has 3 N–H and O–H groups in total. The number of hydrogen-bond acceptors (Lipinski definition) is 2. The third-order valence-electron chi connectivity index (χ3n) is 3.63. The Bertz CT molecular complexity index is 331. The number of rotatable bonds is 2. The first-order chi connectivity index (χ1) is 7.70. The molecular weight excluding hydrogens is 196 g/mol. The van der Waals surface area contributed by atoms with Crippen molar-refractivity contribution in [2.45, 2.75) is 44.7 Å². The zero-order valence-electron chi connectivity index (χ0n) is 10.2. The third-order valence-corrected chi connectivity index (χ3v) is 3.63. The van der Waals surface area contributed by atoms with Crippen LogP contribution in [0, 0.1) is 6.92 Å². The molecule has 1 aliphatic heterocycles. The first-order valence-electron chi connectivity index (χ1n) is 6.26. The summed E-state index contributed by atoms with van der Waals surface area (Å²) < 4.78 is 0. The molecule has 0 spiro atoms. The van der Waals surface area contributed by atoms with Crippen LogP contribution in [0.2, 0.25) is 0 Å². The van der Waals surface area contributed by atoms with Gasteiger partial charge in [0, 0.05) is 24.5 Å². The first-order valence-corrected chi connectivity index (χ1v) is 6.26. The summed E-state index contributed by atoms with van der Waals surface area (Å²) in [4.78, 5) is 0. The molecule has 2 nitrogen and oxygen atoms in total. The van der Waals surface area contributed by atoms with Crippen molar-refractivity contribution in [2.24, 2.45) is 5.73 Å². The largest absolute Gasteiger partial charge is 0.327 e. The van der Waals surface area contributed by atoms with E-state index in [9.17, 15) is 0 Å². The van der Waals surface area contributed by atoms with Gasteiger partial charge in [0.2, 0.25) is 0 Å². The lowest BCUT2D eigenvalue weighted by Crippen LogP contribution is -2.49. The van der Waals surface area contributed by atoms with E-state index in [0.717, 1.165) is 13.0 Å². The van der Waals surface area contributed by atoms with Crippen LogP contribution in [0.25, 0.3) is 0 Å². The Morgan fingerprint density at radius 1 is 1.31 bits per heavy atom. The molecule has 1 aliphatic rings. The van der Waals surface area contributed by atoms with Crippen molar-refractivity contribution in [3.8, 4) is 0 Å². The van der Waals surface area contributed by atoms with E-state index in [-0.39, 0.29) is 0 Å². The number of benzene rings is 1. The summed E-state index contributed by atoms with van der Waals surface area (Å²) in [5.74, 6) is 0.578. The topological polar surface area (TPSA) is 38.0 Å². The minimum atomic E-state index is 0.300. The lowest BCUT2D eigenvalue weighted by atomic mass is 9.82. The standard InChI is InChI=1S/C14H22N2/c1-3-14-13(8-12(15)9-16-14)11-6-4-10(2)5-7-11/h4-7,12-14,16H,3,8-9,15H2,1-2H3. The SMILES string of the molecule is CCC1NCC(N)CC1c1ccc(C)cc1. The maximum absolute atomic E-state index is 6.05. The highest BCUT2D eigenvalue weighted by molar-refractivity contribution is 5.26. The smallest absolute Gasteiger partial charge is 0.0171 e. The van der Waals surface area contributed by atoms with E-state index >= 15 is 0 Å². The van der Waals surface area contributed by atoms with Crippen molar-refractivity contribution in [3.05, 3.63) is 35.4 Å². The van der Waals surface area contributed by atoms with E-state index in [1.54, 1.807) is 0 Å². The van der Waals surface area contributed by atoms with Crippen LogP contribution in [0.3, 0.4) is 0 Å². The molecule has 16 heavy (non-hydrogen) atoms. The minimum absolute atomic E-state index is 0.300. The summed E-state index contributed by atoms with van der Waals surface area (Å²) in [6.07, 6.45) is 2.28. The average molecular weight is 218 g/mol. The summed E-state index contributed by atoms with van der Waals surface area (Å²) >= 11 is 0. The summed E-state index contributed by atoms with van der Waals surface area (Å²) in [5.41, 5.74) is 8.80. The van der Waals surface area contributed by atoms with Gasteiger partial charge in [-0.15, -0.1) is 0 Å². The van der Waals surface area contributed by atoms with E-state index < -0.39 is 0 Å². The molecule has 0 amide bonds. The van der Waals surface area contributed by atoms with Crippen LogP contribution in [0.5, 0.6) is 0 Å². The summed E-state index contributed by atoms with van der Waals surface area (Å²) in [6.45, 7) is 5.34. The predicted molar refractivity (Wildman–Crippen MR) is 68.6 cm³/mol. The van der Waals surface area contributed by atoms with Gasteiger partial charge in [0.15, 0.2) is 0 Å². The van der Waals surface area contributed by atoms with Gasteiger partial charge in [-0.25, -0.2) is 0 Å². The van der Waals surface area contributed by atoms with Crippen molar-refractivity contribution in [1.82, 2.24) is 5.32 Å². The lowest BCUT2D eigenvalue weighted by molar-refractivity contribution is 0.314. The number of piperidine rings is 1. The Hall–Kier alpha value is -0.860. The van der Waals surface area contributed by atoms with Gasteiger partial charge < -0.3 is 11.1 Å². The lowest BCUT2D eigenvalue weighted by Gasteiger charge is -2.35. The normalized spacial score (nSPS) is 30.3. The number of nitrogens with two attached hydrogens (primary N) is 1. The van der Waals surface area contributed by atoms with Gasteiger partial charge in [0.05, 0.1) is 0 Å². The molecule has 88 valence electrons. The molecule has 1 heterocycles. The Balaban J connectivity index is 2.18. The molecular formula is C14H22N2. The molecule has 2 rings (SSSR count). The predicted octanol–water partition coefficient (Wildman–Crippen LogP) is 2.18. The van der Waals surface area contributed by atoms with Gasteiger partial charge in [-0.2, -0.15) is 0 Å². The van der Waals surface area contributed by atoms with Gasteiger partial charge in [-0.05, 0) is 25.3 Å². The second kappa shape index (κ2) is 4.98. The molecule has 1 aromatic carbocycles. The van der Waals surface area contributed by atoms with Crippen LogP contribution >= 0.6 is 0 Å². The van der Waals surface area contributed by atoms with Crippen molar-refractivity contribution in [3.63, 3.8) is 0 Å². The van der Waals surface area contributed by atoms with E-state index in [1.165, 1.54) is 17.5 Å². The van der Waals surface area contributed by atoms with Gasteiger partial charge in [0.1, 0.15) is 0 Å². The Kier molecular flexibility index (Phi) is 3.62. The molecule has 1 fully saturated rings. The van der Waals surface area contributed by atoms with E-state index in [0.29, 0.717) is 18.0 Å². The quantitative estimate of drug-likeness (QED) is 0.798. The summed E-state index contributed by atoms with van der Waals surface area (Å²) in [7, 11) is 0. The molecule has 3 unspecified atom stereocenters. The maximum Gasteiger partial charge on any atom is 0.0171 e. The molecule has 2 heteroatoms. The van der Waals surface area contributed by atoms with Crippen LogP contribution in [0.15, 0.2) is 24.3 Å². The van der Waals surface area contributed by atoms with Crippen LogP contribution < -0.4 is 11.1 Å².